The summed E-state index contributed by atoms with van der Waals surface area (Å²) in [6.07, 6.45) is 0. The number of carbonyl (C=O) groups is 2. The summed E-state index contributed by atoms with van der Waals surface area (Å²) in [6, 6.07) is 23.1. The van der Waals surface area contributed by atoms with E-state index < -0.39 is 10.8 Å². The first kappa shape index (κ1) is 24.3. The minimum Gasteiger partial charge on any atom is -0.451 e. The van der Waals surface area contributed by atoms with Crippen LogP contribution < -0.4 is 16.0 Å². The lowest BCUT2D eigenvalue weighted by molar-refractivity contribution is -0.384. The van der Waals surface area contributed by atoms with Gasteiger partial charge in [0.05, 0.1) is 4.92 Å². The molecule has 0 aliphatic heterocycles. The number of nitro benzene ring substituents is 1. The maximum atomic E-state index is 12.6. The summed E-state index contributed by atoms with van der Waals surface area (Å²) in [5, 5.41) is 19.4. The zero-order chi connectivity index (χ0) is 25.7. The Morgan fingerprint density at radius 2 is 1.67 bits per heavy atom. The highest BCUT2D eigenvalue weighted by molar-refractivity contribution is 7.80. The molecule has 0 bridgehead atoms. The number of hydrogen-bond acceptors (Lipinski definition) is 6. The van der Waals surface area contributed by atoms with Crippen molar-refractivity contribution in [2.75, 3.05) is 10.6 Å². The van der Waals surface area contributed by atoms with Gasteiger partial charge in [0.2, 0.25) is 0 Å². The maximum absolute atomic E-state index is 12.6. The number of anilines is 2. The number of aryl methyl sites for hydroxylation is 1. The Hall–Kier alpha value is -4.83. The van der Waals surface area contributed by atoms with Crippen LogP contribution in [0.1, 0.15) is 26.5 Å². The van der Waals surface area contributed by atoms with Crippen LogP contribution >= 0.6 is 12.2 Å². The molecule has 4 rings (SSSR count). The van der Waals surface area contributed by atoms with Gasteiger partial charge in [0.1, 0.15) is 5.76 Å². The van der Waals surface area contributed by atoms with Gasteiger partial charge in [-0.1, -0.05) is 30.3 Å². The van der Waals surface area contributed by atoms with Crippen LogP contribution in [-0.2, 0) is 0 Å². The van der Waals surface area contributed by atoms with Crippen molar-refractivity contribution in [3.8, 4) is 11.3 Å². The zero-order valence-corrected chi connectivity index (χ0v) is 19.8. The quantitative estimate of drug-likeness (QED) is 0.180. The summed E-state index contributed by atoms with van der Waals surface area (Å²) in [4.78, 5) is 35.4. The molecule has 0 radical (unpaired) electrons. The molecule has 0 aliphatic rings. The molecule has 180 valence electrons. The van der Waals surface area contributed by atoms with Crippen LogP contribution in [-0.4, -0.2) is 21.9 Å². The lowest BCUT2D eigenvalue weighted by Crippen LogP contribution is -2.33. The molecule has 2 amide bonds. The molecule has 36 heavy (non-hydrogen) atoms. The van der Waals surface area contributed by atoms with E-state index in [1.54, 1.807) is 54.6 Å². The number of benzene rings is 3. The van der Waals surface area contributed by atoms with Gasteiger partial charge in [-0.05, 0) is 67.2 Å². The van der Waals surface area contributed by atoms with E-state index in [0.717, 1.165) is 5.56 Å². The highest BCUT2D eigenvalue weighted by Crippen LogP contribution is 2.26. The van der Waals surface area contributed by atoms with Gasteiger partial charge in [0.25, 0.3) is 17.5 Å². The van der Waals surface area contributed by atoms with Crippen LogP contribution in [0.2, 0.25) is 0 Å². The van der Waals surface area contributed by atoms with E-state index in [1.165, 1.54) is 24.3 Å². The highest BCUT2D eigenvalue weighted by Gasteiger charge is 2.16. The van der Waals surface area contributed by atoms with E-state index in [9.17, 15) is 19.7 Å². The Morgan fingerprint density at radius 3 is 2.39 bits per heavy atom. The van der Waals surface area contributed by atoms with Crippen molar-refractivity contribution >= 4 is 46.2 Å². The van der Waals surface area contributed by atoms with Gasteiger partial charge in [-0.3, -0.25) is 25.0 Å². The molecule has 4 aromatic rings. The summed E-state index contributed by atoms with van der Waals surface area (Å²) in [5.41, 5.74) is 3.00. The normalized spacial score (nSPS) is 10.4. The molecule has 9 nitrogen and oxygen atoms in total. The minimum atomic E-state index is -0.576. The molecule has 3 aromatic carbocycles. The third-order valence-electron chi connectivity index (χ3n) is 5.17. The SMILES string of the molecule is Cc1cc(NC(=S)NC(=O)c2ccc(-c3cccc([N+](=O)[O-])c3)o2)ccc1NC(=O)c1ccccc1. The standard InChI is InChI=1S/C26H20N4O5S/c1-16-14-19(10-11-21(16)28-24(31)17-6-3-2-4-7-17)27-26(36)29-25(32)23-13-12-22(35-23)18-8-5-9-20(15-18)30(33)34/h2-15H,1H3,(H,28,31)(H2,27,29,32,36). The monoisotopic (exact) mass is 500 g/mol. The Morgan fingerprint density at radius 1 is 0.889 bits per heavy atom. The van der Waals surface area contributed by atoms with E-state index >= 15 is 0 Å². The number of nitrogens with zero attached hydrogens (tertiary/aromatic N) is 1. The van der Waals surface area contributed by atoms with Crippen LogP contribution in [0.3, 0.4) is 0 Å². The summed E-state index contributed by atoms with van der Waals surface area (Å²) >= 11 is 5.24. The topological polar surface area (TPSA) is 127 Å². The molecular weight excluding hydrogens is 480 g/mol. The molecule has 1 aromatic heterocycles. The van der Waals surface area contributed by atoms with Crippen LogP contribution in [0.15, 0.2) is 89.3 Å². The Kier molecular flexibility index (Phi) is 7.17. The first-order chi connectivity index (χ1) is 17.3. The van der Waals surface area contributed by atoms with E-state index in [-0.39, 0.29) is 22.5 Å². The first-order valence-electron chi connectivity index (χ1n) is 10.7. The molecule has 0 saturated heterocycles. The predicted octanol–water partition coefficient (Wildman–Crippen LogP) is 5.54. The Labute approximate surface area is 211 Å². The smallest absolute Gasteiger partial charge is 0.293 e. The largest absolute Gasteiger partial charge is 0.451 e. The fraction of sp³-hybridized carbons (Fsp3) is 0.0385. The van der Waals surface area contributed by atoms with Gasteiger partial charge in [0, 0.05) is 34.6 Å². The Bertz CT molecular complexity index is 1470. The molecule has 0 aliphatic carbocycles. The highest BCUT2D eigenvalue weighted by atomic mass is 32.1. The number of carbonyl (C=O) groups excluding carboxylic acids is 2. The summed E-state index contributed by atoms with van der Waals surface area (Å²) in [7, 11) is 0. The van der Waals surface area contributed by atoms with Crippen LogP contribution in [0.4, 0.5) is 17.1 Å². The van der Waals surface area contributed by atoms with E-state index in [4.69, 9.17) is 16.6 Å². The number of amides is 2. The number of nitrogens with one attached hydrogen (secondary N) is 3. The molecule has 0 atom stereocenters. The van der Waals surface area contributed by atoms with Gasteiger partial charge in [-0.15, -0.1) is 0 Å². The van der Waals surface area contributed by atoms with Crippen molar-refractivity contribution in [2.45, 2.75) is 6.92 Å². The molecule has 10 heteroatoms. The Balaban J connectivity index is 1.37. The van der Waals surface area contributed by atoms with Crippen LogP contribution in [0.5, 0.6) is 0 Å². The number of furan rings is 1. The summed E-state index contributed by atoms with van der Waals surface area (Å²) in [5.74, 6) is -0.486. The van der Waals surface area contributed by atoms with Gasteiger partial charge in [0.15, 0.2) is 10.9 Å². The van der Waals surface area contributed by atoms with Crippen molar-refractivity contribution in [1.29, 1.82) is 0 Å². The lowest BCUT2D eigenvalue weighted by atomic mass is 10.1. The fourth-order valence-corrected chi connectivity index (χ4v) is 3.59. The average molecular weight is 501 g/mol. The number of non-ortho nitro benzene ring substituents is 1. The average Bonchev–Trinajstić information content (AvgIpc) is 3.37. The maximum Gasteiger partial charge on any atom is 0.293 e. The number of nitro groups is 1. The lowest BCUT2D eigenvalue weighted by Gasteiger charge is -2.12. The predicted molar refractivity (Wildman–Crippen MR) is 140 cm³/mol. The second-order valence-electron chi connectivity index (χ2n) is 7.73. The number of thiocarbonyl (C=S) groups is 1. The van der Waals surface area contributed by atoms with E-state index in [1.807, 2.05) is 13.0 Å². The third kappa shape index (κ3) is 5.80. The van der Waals surface area contributed by atoms with Crippen LogP contribution in [0, 0.1) is 17.0 Å². The van der Waals surface area contributed by atoms with Crippen molar-refractivity contribution in [3.05, 3.63) is 112 Å². The van der Waals surface area contributed by atoms with Gasteiger partial charge < -0.3 is 15.1 Å². The number of hydrogen-bond donors (Lipinski definition) is 3. The minimum absolute atomic E-state index is 0.00388. The second kappa shape index (κ2) is 10.6. The van der Waals surface area contributed by atoms with E-state index in [0.29, 0.717) is 28.3 Å². The van der Waals surface area contributed by atoms with E-state index in [2.05, 4.69) is 16.0 Å². The van der Waals surface area contributed by atoms with Gasteiger partial charge in [-0.25, -0.2) is 0 Å². The molecule has 0 spiro atoms. The third-order valence-corrected chi connectivity index (χ3v) is 5.37. The second-order valence-corrected chi connectivity index (χ2v) is 8.14. The number of rotatable bonds is 6. The van der Waals surface area contributed by atoms with Crippen molar-refractivity contribution in [1.82, 2.24) is 5.32 Å². The molecular formula is C26H20N4O5S. The first-order valence-corrected chi connectivity index (χ1v) is 11.1. The summed E-state index contributed by atoms with van der Waals surface area (Å²) < 4.78 is 5.56. The molecule has 0 saturated carbocycles. The summed E-state index contributed by atoms with van der Waals surface area (Å²) in [6.45, 7) is 1.84. The van der Waals surface area contributed by atoms with Crippen LogP contribution in [0.25, 0.3) is 11.3 Å². The molecule has 3 N–H and O–H groups in total. The molecule has 1 heterocycles. The van der Waals surface area contributed by atoms with Crippen molar-refractivity contribution < 1.29 is 18.9 Å². The fourth-order valence-electron chi connectivity index (χ4n) is 3.38. The molecule has 0 unspecified atom stereocenters. The molecule has 0 fully saturated rings. The van der Waals surface area contributed by atoms with Crippen molar-refractivity contribution in [2.24, 2.45) is 0 Å². The van der Waals surface area contributed by atoms with Gasteiger partial charge in [-0.2, -0.15) is 0 Å². The zero-order valence-electron chi connectivity index (χ0n) is 19.0. The van der Waals surface area contributed by atoms with Crippen molar-refractivity contribution in [3.63, 3.8) is 0 Å². The van der Waals surface area contributed by atoms with Gasteiger partial charge >= 0.3 is 0 Å².